The largest absolute Gasteiger partial charge is 0.465 e. The molecule has 0 bridgehead atoms. The lowest BCUT2D eigenvalue weighted by Crippen LogP contribution is -2.26. The summed E-state index contributed by atoms with van der Waals surface area (Å²) in [7, 11) is 1.29. The highest BCUT2D eigenvalue weighted by Gasteiger charge is 2.34. The van der Waals surface area contributed by atoms with Crippen molar-refractivity contribution in [2.24, 2.45) is 11.3 Å². The molecule has 1 atom stereocenters. The van der Waals surface area contributed by atoms with Crippen molar-refractivity contribution in [3.05, 3.63) is 54.9 Å². The maximum absolute atomic E-state index is 12.8. The molecule has 0 spiro atoms. The fraction of sp³-hybridized carbons (Fsp3) is 0.429. The Morgan fingerprint density at radius 2 is 2.03 bits per heavy atom. The first-order chi connectivity index (χ1) is 14.0. The van der Waals surface area contributed by atoms with Gasteiger partial charge in [-0.2, -0.15) is 0 Å². The van der Waals surface area contributed by atoms with Crippen LogP contribution in [0.2, 0.25) is 5.02 Å². The predicted molar refractivity (Wildman–Crippen MR) is 117 cm³/mol. The van der Waals surface area contributed by atoms with E-state index in [9.17, 15) is 19.7 Å². The van der Waals surface area contributed by atoms with Gasteiger partial charge in [-0.3, -0.25) is 14.9 Å². The van der Waals surface area contributed by atoms with Gasteiger partial charge in [-0.25, -0.2) is 4.79 Å². The Bertz CT molecular complexity index is 1030. The first-order valence-corrected chi connectivity index (χ1v) is 10.7. The first-order valence-electron chi connectivity index (χ1n) is 9.51. The van der Waals surface area contributed by atoms with E-state index < -0.39 is 22.5 Å². The Kier molecular flexibility index (Phi) is 6.19. The summed E-state index contributed by atoms with van der Waals surface area (Å²) in [5, 5.41) is 14.6. The summed E-state index contributed by atoms with van der Waals surface area (Å²) >= 11 is 7.17. The van der Waals surface area contributed by atoms with E-state index in [1.54, 1.807) is 0 Å². The fourth-order valence-electron chi connectivity index (χ4n) is 3.75. The third-order valence-electron chi connectivity index (χ3n) is 5.51. The molecule has 1 heterocycles. The number of methoxy groups -OCH3 is 1. The molecule has 0 fully saturated rings. The minimum atomic E-state index is -0.672. The van der Waals surface area contributed by atoms with Crippen molar-refractivity contribution in [3.63, 3.8) is 0 Å². The number of rotatable bonds is 4. The van der Waals surface area contributed by atoms with Crippen LogP contribution in [-0.2, 0) is 17.6 Å². The van der Waals surface area contributed by atoms with E-state index in [4.69, 9.17) is 16.3 Å². The number of carbonyl (C=O) groups excluding carboxylic acids is 2. The number of benzene rings is 1. The maximum Gasteiger partial charge on any atom is 0.341 e. The Labute approximate surface area is 183 Å². The first kappa shape index (κ1) is 22.2. The van der Waals surface area contributed by atoms with Gasteiger partial charge in [0.25, 0.3) is 11.6 Å². The van der Waals surface area contributed by atoms with Gasteiger partial charge in [0.15, 0.2) is 0 Å². The lowest BCUT2D eigenvalue weighted by molar-refractivity contribution is -0.385. The number of hydrogen-bond acceptors (Lipinski definition) is 6. The number of halogens is 1. The quantitative estimate of drug-likeness (QED) is 0.376. The van der Waals surface area contributed by atoms with Crippen molar-refractivity contribution in [2.45, 2.75) is 40.0 Å². The van der Waals surface area contributed by atoms with E-state index in [2.05, 4.69) is 26.1 Å². The third kappa shape index (κ3) is 4.34. The Hall–Kier alpha value is -2.45. The zero-order valence-electron chi connectivity index (χ0n) is 17.2. The normalized spacial score (nSPS) is 16.0. The van der Waals surface area contributed by atoms with Gasteiger partial charge in [0.1, 0.15) is 10.6 Å². The van der Waals surface area contributed by atoms with Crippen LogP contribution in [0.5, 0.6) is 0 Å². The molecule has 0 radical (unpaired) electrons. The van der Waals surface area contributed by atoms with Crippen molar-refractivity contribution in [1.82, 2.24) is 0 Å². The van der Waals surface area contributed by atoms with Crippen LogP contribution in [-0.4, -0.2) is 23.9 Å². The van der Waals surface area contributed by atoms with Crippen molar-refractivity contribution in [1.29, 1.82) is 0 Å². The van der Waals surface area contributed by atoms with Gasteiger partial charge >= 0.3 is 5.97 Å². The number of fused-ring (bicyclic) bond motifs is 1. The van der Waals surface area contributed by atoms with E-state index in [-0.39, 0.29) is 16.0 Å². The average Bonchev–Trinajstić information content (AvgIpc) is 3.03. The summed E-state index contributed by atoms with van der Waals surface area (Å²) in [6.07, 6.45) is 2.47. The second-order valence-corrected chi connectivity index (χ2v) is 9.92. The van der Waals surface area contributed by atoms with E-state index in [1.165, 1.54) is 30.6 Å². The second kappa shape index (κ2) is 8.35. The molecule has 1 aromatic heterocycles. The number of anilines is 1. The van der Waals surface area contributed by atoms with E-state index in [0.29, 0.717) is 16.5 Å². The van der Waals surface area contributed by atoms with E-state index >= 15 is 0 Å². The van der Waals surface area contributed by atoms with Crippen LogP contribution in [0.4, 0.5) is 10.7 Å². The summed E-state index contributed by atoms with van der Waals surface area (Å²) < 4.78 is 4.95. The molecule has 1 unspecified atom stereocenters. The Morgan fingerprint density at radius 1 is 1.33 bits per heavy atom. The molecule has 1 aliphatic rings. The molecule has 0 saturated carbocycles. The van der Waals surface area contributed by atoms with Crippen molar-refractivity contribution >= 4 is 45.5 Å². The molecule has 1 amide bonds. The van der Waals surface area contributed by atoms with Crippen LogP contribution in [0.3, 0.4) is 0 Å². The van der Waals surface area contributed by atoms with Crippen LogP contribution < -0.4 is 5.32 Å². The van der Waals surface area contributed by atoms with Gasteiger partial charge < -0.3 is 10.1 Å². The van der Waals surface area contributed by atoms with Gasteiger partial charge in [-0.15, -0.1) is 11.3 Å². The smallest absolute Gasteiger partial charge is 0.341 e. The summed E-state index contributed by atoms with van der Waals surface area (Å²) in [6.45, 7) is 6.58. The summed E-state index contributed by atoms with van der Waals surface area (Å²) in [5.74, 6) is -0.743. The van der Waals surface area contributed by atoms with Gasteiger partial charge in [-0.05, 0) is 48.3 Å². The molecular formula is C21H23ClN2O5S. The van der Waals surface area contributed by atoms with Crippen LogP contribution in [0.25, 0.3) is 0 Å². The number of nitro groups is 1. The number of nitro benzene ring substituents is 1. The molecule has 7 nitrogen and oxygen atoms in total. The number of esters is 1. The molecule has 2 aromatic rings. The molecule has 3 rings (SSSR count). The fourth-order valence-corrected chi connectivity index (χ4v) is 5.23. The van der Waals surface area contributed by atoms with Gasteiger partial charge in [0, 0.05) is 16.0 Å². The highest BCUT2D eigenvalue weighted by atomic mass is 35.5. The van der Waals surface area contributed by atoms with Crippen molar-refractivity contribution < 1.29 is 19.2 Å². The summed E-state index contributed by atoms with van der Waals surface area (Å²) in [4.78, 5) is 37.1. The van der Waals surface area contributed by atoms with Gasteiger partial charge in [0.2, 0.25) is 0 Å². The standard InChI is InChI=1S/C21H23ClN2O5S/c1-21(2,3)11-5-7-14-16(9-11)30-19(17(14)20(26)29-4)23-18(25)13-8-6-12(22)10-15(13)24(27)28/h6,8,10-11H,5,7,9H2,1-4H3,(H,23,25). The molecule has 0 saturated heterocycles. The topological polar surface area (TPSA) is 98.5 Å². The van der Waals surface area contributed by atoms with Crippen LogP contribution >= 0.6 is 22.9 Å². The number of carbonyl (C=O) groups is 2. The van der Waals surface area contributed by atoms with Gasteiger partial charge in [-0.1, -0.05) is 32.4 Å². The monoisotopic (exact) mass is 450 g/mol. The van der Waals surface area contributed by atoms with E-state index in [0.717, 1.165) is 35.8 Å². The Balaban J connectivity index is 1.99. The number of hydrogen-bond donors (Lipinski definition) is 1. The van der Waals surface area contributed by atoms with E-state index in [1.807, 2.05) is 0 Å². The maximum atomic E-state index is 12.8. The molecule has 1 aromatic carbocycles. The zero-order chi connectivity index (χ0) is 22.2. The molecule has 0 aliphatic heterocycles. The Morgan fingerprint density at radius 3 is 2.63 bits per heavy atom. The van der Waals surface area contributed by atoms with Crippen molar-refractivity contribution in [2.75, 3.05) is 12.4 Å². The van der Waals surface area contributed by atoms with Crippen LogP contribution in [0.15, 0.2) is 18.2 Å². The summed E-state index contributed by atoms with van der Waals surface area (Å²) in [6, 6.07) is 3.85. The molecule has 160 valence electrons. The average molecular weight is 451 g/mol. The summed E-state index contributed by atoms with van der Waals surface area (Å²) in [5.41, 5.74) is 0.844. The molecule has 30 heavy (non-hydrogen) atoms. The highest BCUT2D eigenvalue weighted by molar-refractivity contribution is 7.17. The van der Waals surface area contributed by atoms with Crippen LogP contribution in [0.1, 0.15) is 58.3 Å². The predicted octanol–water partition coefficient (Wildman–Crippen LogP) is 5.50. The molecule has 1 aliphatic carbocycles. The van der Waals surface area contributed by atoms with Gasteiger partial charge in [0.05, 0.1) is 17.6 Å². The lowest BCUT2D eigenvalue weighted by atomic mass is 9.72. The third-order valence-corrected chi connectivity index (χ3v) is 6.91. The highest BCUT2D eigenvalue weighted by Crippen LogP contribution is 2.44. The van der Waals surface area contributed by atoms with Crippen molar-refractivity contribution in [3.8, 4) is 0 Å². The number of nitrogens with one attached hydrogen (secondary N) is 1. The second-order valence-electron chi connectivity index (χ2n) is 8.38. The number of amides is 1. The lowest BCUT2D eigenvalue weighted by Gasteiger charge is -2.33. The number of nitrogens with zero attached hydrogens (tertiary/aromatic N) is 1. The molecule has 9 heteroatoms. The number of thiophene rings is 1. The molecular weight excluding hydrogens is 428 g/mol. The van der Waals surface area contributed by atoms with Crippen LogP contribution in [0, 0.1) is 21.4 Å². The minimum absolute atomic E-state index is 0.125. The zero-order valence-corrected chi connectivity index (χ0v) is 18.8. The minimum Gasteiger partial charge on any atom is -0.465 e. The SMILES string of the molecule is COC(=O)c1c(NC(=O)c2ccc(Cl)cc2[N+](=O)[O-])sc2c1CCC(C(C)(C)C)C2. The number of ether oxygens (including phenoxy) is 1. The molecule has 1 N–H and O–H groups in total.